The first kappa shape index (κ1) is 4.06. The van der Waals surface area contributed by atoms with Crippen LogP contribution < -0.4 is 0 Å². The van der Waals surface area contributed by atoms with Gasteiger partial charge in [0.25, 0.3) is 0 Å². The van der Waals surface area contributed by atoms with Gasteiger partial charge in [0.15, 0.2) is 0 Å². The summed E-state index contributed by atoms with van der Waals surface area (Å²) < 4.78 is 0. The predicted molar refractivity (Wildman–Crippen MR) is 22.2 cm³/mol. The van der Waals surface area contributed by atoms with E-state index in [1.165, 1.54) is 0 Å². The average molecular weight is 54.9 g/mol. The van der Waals surface area contributed by atoms with E-state index in [-0.39, 0.29) is 0 Å². The zero-order valence-electron chi connectivity index (χ0n) is 3.28. The molecule has 0 aliphatic rings. The van der Waals surface area contributed by atoms with Crippen molar-refractivity contribution in [3.8, 4) is 0 Å². The van der Waals surface area contributed by atoms with Gasteiger partial charge in [0, 0.05) is 0 Å². The summed E-state index contributed by atoms with van der Waals surface area (Å²) in [7, 11) is 3.64. The van der Waals surface area contributed by atoms with E-state index in [0.29, 0.717) is 5.82 Å². The highest BCUT2D eigenvalue weighted by Crippen LogP contribution is 1.84. The number of hydrogen-bond donors (Lipinski definition) is 0. The van der Waals surface area contributed by atoms with E-state index in [1.807, 2.05) is 0 Å². The second-order valence-corrected chi connectivity index (χ2v) is 1.39. The van der Waals surface area contributed by atoms with Crippen molar-refractivity contribution in [3.05, 3.63) is 0 Å². The molecule has 0 N–H and O–H groups in total. The summed E-state index contributed by atoms with van der Waals surface area (Å²) >= 11 is 0. The molecule has 1 radical (unpaired) electrons. The highest BCUT2D eigenvalue weighted by molar-refractivity contribution is 6.10. The van der Waals surface area contributed by atoms with Gasteiger partial charge in [-0.15, -0.1) is 0 Å². The van der Waals surface area contributed by atoms with Crippen molar-refractivity contribution in [1.29, 1.82) is 0 Å². The van der Waals surface area contributed by atoms with Crippen LogP contribution in [0.1, 0.15) is 13.8 Å². The van der Waals surface area contributed by atoms with Gasteiger partial charge in [-0.25, -0.2) is 0 Å². The minimum absolute atomic E-state index is 0.583. The molecular weight excluding hydrogens is 46.8 g/mol. The summed E-state index contributed by atoms with van der Waals surface area (Å²) in [5, 5.41) is 0. The molecule has 0 atom stereocenters. The summed E-state index contributed by atoms with van der Waals surface area (Å²) in [5.41, 5.74) is 0. The van der Waals surface area contributed by atoms with Gasteiger partial charge in [-0.1, -0.05) is 19.7 Å². The zero-order chi connectivity index (χ0) is 3.58. The van der Waals surface area contributed by atoms with Crippen LogP contribution in [-0.2, 0) is 0 Å². The SMILES string of the molecule is [BH]C(C)C. The molecule has 0 saturated heterocycles. The Kier molecular flexibility index (Phi) is 1.41. The highest BCUT2D eigenvalue weighted by atomic mass is 13.6. The van der Waals surface area contributed by atoms with Gasteiger partial charge >= 0.3 is 0 Å². The third kappa shape index (κ3) is 555. The lowest BCUT2D eigenvalue weighted by Crippen LogP contribution is -1.67. The van der Waals surface area contributed by atoms with Crippen LogP contribution in [0.4, 0.5) is 0 Å². The van der Waals surface area contributed by atoms with E-state index < -0.39 is 0 Å². The lowest BCUT2D eigenvalue weighted by atomic mass is 9.93. The van der Waals surface area contributed by atoms with E-state index in [4.69, 9.17) is 0 Å². The molecule has 0 aliphatic heterocycles. The summed E-state index contributed by atoms with van der Waals surface area (Å²) in [6.07, 6.45) is 0. The Labute approximate surface area is 28.6 Å². The summed E-state index contributed by atoms with van der Waals surface area (Å²) in [4.78, 5) is 0. The molecule has 0 unspecified atom stereocenters. The van der Waals surface area contributed by atoms with Crippen LogP contribution in [0.15, 0.2) is 0 Å². The summed E-state index contributed by atoms with van der Waals surface area (Å²) in [6.45, 7) is 4.11. The topological polar surface area (TPSA) is 0 Å². The molecule has 23 valence electrons. The van der Waals surface area contributed by atoms with Crippen molar-refractivity contribution >= 4 is 7.85 Å². The molecule has 1 heteroatoms. The van der Waals surface area contributed by atoms with E-state index in [0.717, 1.165) is 0 Å². The maximum atomic E-state index is 3.64. The molecule has 4 heavy (non-hydrogen) atoms. The largest absolute Gasteiger partial charge is 0.0901 e. The first-order valence-electron chi connectivity index (χ1n) is 1.56. The molecule has 0 bridgehead atoms. The molecule has 0 aromatic heterocycles. The summed E-state index contributed by atoms with van der Waals surface area (Å²) in [6, 6.07) is 0. The van der Waals surface area contributed by atoms with Crippen LogP contribution in [0.2, 0.25) is 5.82 Å². The Balaban J connectivity index is 2.32. The Hall–Kier alpha value is 0.0649. The standard InChI is InChI=1S/C3H8B/c1-3(2)4/h3-4H,1-2H3. The van der Waals surface area contributed by atoms with Crippen LogP contribution in [-0.4, -0.2) is 7.85 Å². The molecule has 0 spiro atoms. The van der Waals surface area contributed by atoms with Crippen molar-refractivity contribution in [1.82, 2.24) is 0 Å². The lowest BCUT2D eigenvalue weighted by Gasteiger charge is -1.78. The number of rotatable bonds is 0. The molecule has 0 nitrogen and oxygen atoms in total. The average Bonchev–Trinajstić information content (AvgIpc) is 0.811. The fourth-order valence-electron chi connectivity index (χ4n) is 0. The zero-order valence-corrected chi connectivity index (χ0v) is 3.28. The predicted octanol–water partition coefficient (Wildman–Crippen LogP) is 0.716. The van der Waals surface area contributed by atoms with Gasteiger partial charge in [-0.05, 0) is 0 Å². The first-order valence-corrected chi connectivity index (χ1v) is 1.56. The maximum Gasteiger partial charge on any atom is 0.0901 e. The van der Waals surface area contributed by atoms with E-state index in [2.05, 4.69) is 21.7 Å². The summed E-state index contributed by atoms with van der Waals surface area (Å²) in [5.74, 6) is 0.583. The Morgan fingerprint density at radius 3 is 1.50 bits per heavy atom. The molecular formula is C3H8B. The van der Waals surface area contributed by atoms with Gasteiger partial charge in [-0.3, -0.25) is 0 Å². The second kappa shape index (κ2) is 1.39. The Morgan fingerprint density at radius 2 is 1.50 bits per heavy atom. The highest BCUT2D eigenvalue weighted by Gasteiger charge is 1.69. The van der Waals surface area contributed by atoms with Crippen molar-refractivity contribution in [2.45, 2.75) is 19.7 Å². The monoisotopic (exact) mass is 55.1 g/mol. The normalized spacial score (nSPS) is 8.75. The number of hydrogen-bond acceptors (Lipinski definition) is 0. The Morgan fingerprint density at radius 1 is 1.50 bits per heavy atom. The fourth-order valence-corrected chi connectivity index (χ4v) is 0. The van der Waals surface area contributed by atoms with Gasteiger partial charge in [0.2, 0.25) is 0 Å². The molecule has 0 heterocycles. The van der Waals surface area contributed by atoms with E-state index in [1.54, 1.807) is 0 Å². The van der Waals surface area contributed by atoms with E-state index >= 15 is 0 Å². The lowest BCUT2D eigenvalue weighted by molar-refractivity contribution is 1.08. The van der Waals surface area contributed by atoms with Crippen LogP contribution in [0.5, 0.6) is 0 Å². The van der Waals surface area contributed by atoms with Crippen LogP contribution >= 0.6 is 0 Å². The fraction of sp³-hybridized carbons (Fsp3) is 1.00. The third-order valence-corrected chi connectivity index (χ3v) is 0. The molecule has 0 aromatic rings. The minimum Gasteiger partial charge on any atom is -0.0788 e. The molecule has 0 saturated carbocycles. The molecule has 0 rings (SSSR count). The molecule has 0 fully saturated rings. The molecule has 0 amide bonds. The molecule has 0 aromatic carbocycles. The Bertz CT molecular complexity index is 8.00. The van der Waals surface area contributed by atoms with Crippen molar-refractivity contribution in [3.63, 3.8) is 0 Å². The van der Waals surface area contributed by atoms with Crippen LogP contribution in [0, 0.1) is 0 Å². The van der Waals surface area contributed by atoms with Gasteiger partial charge < -0.3 is 0 Å². The maximum absolute atomic E-state index is 3.64. The van der Waals surface area contributed by atoms with Crippen molar-refractivity contribution in [2.75, 3.05) is 0 Å². The van der Waals surface area contributed by atoms with Gasteiger partial charge in [0.1, 0.15) is 0 Å². The van der Waals surface area contributed by atoms with Crippen molar-refractivity contribution in [2.24, 2.45) is 0 Å². The van der Waals surface area contributed by atoms with Crippen LogP contribution in [0.3, 0.4) is 0 Å². The van der Waals surface area contributed by atoms with E-state index in [9.17, 15) is 0 Å². The van der Waals surface area contributed by atoms with Gasteiger partial charge in [0.05, 0.1) is 7.85 Å². The smallest absolute Gasteiger partial charge is 0.0788 e. The molecule has 0 aliphatic carbocycles. The van der Waals surface area contributed by atoms with Crippen molar-refractivity contribution < 1.29 is 0 Å². The third-order valence-electron chi connectivity index (χ3n) is 0. The quantitative estimate of drug-likeness (QED) is 0.358. The second-order valence-electron chi connectivity index (χ2n) is 1.39. The minimum atomic E-state index is 0.583. The van der Waals surface area contributed by atoms with Crippen LogP contribution in [0.25, 0.3) is 0 Å². The first-order chi connectivity index (χ1) is 1.73. The van der Waals surface area contributed by atoms with Gasteiger partial charge in [-0.2, -0.15) is 0 Å².